The van der Waals surface area contributed by atoms with Crippen molar-refractivity contribution in [2.24, 2.45) is 0 Å². The van der Waals surface area contributed by atoms with E-state index in [1.807, 2.05) is 31.2 Å². The zero-order valence-electron chi connectivity index (χ0n) is 15.6. The van der Waals surface area contributed by atoms with E-state index in [4.69, 9.17) is 21.1 Å². The van der Waals surface area contributed by atoms with Gasteiger partial charge < -0.3 is 14.8 Å². The third-order valence-electron chi connectivity index (χ3n) is 3.75. The summed E-state index contributed by atoms with van der Waals surface area (Å²) in [6, 6.07) is 14.1. The zero-order valence-corrected chi connectivity index (χ0v) is 16.3. The lowest BCUT2D eigenvalue weighted by Gasteiger charge is -2.14. The molecule has 0 saturated carbocycles. The van der Waals surface area contributed by atoms with Crippen LogP contribution in [0.3, 0.4) is 0 Å². The lowest BCUT2D eigenvalue weighted by atomic mass is 10.1. The normalized spacial score (nSPS) is 11.6. The van der Waals surface area contributed by atoms with Crippen LogP contribution in [0.5, 0.6) is 5.75 Å². The minimum atomic E-state index is -0.596. The van der Waals surface area contributed by atoms with Crippen molar-refractivity contribution in [1.82, 2.24) is 5.32 Å². The van der Waals surface area contributed by atoms with Gasteiger partial charge in [0.1, 0.15) is 12.4 Å². The SMILES string of the molecule is C=CCOc1ccc(/C=C/C(=O)OCC(=O)N[C@@H](C)c2ccc(Cl)cc2)cc1. The van der Waals surface area contributed by atoms with Crippen LogP contribution in [0.15, 0.2) is 67.3 Å². The van der Waals surface area contributed by atoms with Gasteiger partial charge in [0.25, 0.3) is 5.91 Å². The van der Waals surface area contributed by atoms with E-state index < -0.39 is 5.97 Å². The van der Waals surface area contributed by atoms with Crippen LogP contribution in [-0.2, 0) is 14.3 Å². The predicted molar refractivity (Wildman–Crippen MR) is 110 cm³/mol. The molecule has 0 saturated heterocycles. The van der Waals surface area contributed by atoms with Crippen molar-refractivity contribution in [3.05, 3.63) is 83.4 Å². The molecule has 0 radical (unpaired) electrons. The summed E-state index contributed by atoms with van der Waals surface area (Å²) >= 11 is 5.85. The van der Waals surface area contributed by atoms with Gasteiger partial charge in [-0.15, -0.1) is 0 Å². The van der Waals surface area contributed by atoms with Crippen molar-refractivity contribution in [1.29, 1.82) is 0 Å². The molecular formula is C22H22ClNO4. The molecule has 0 aromatic heterocycles. The van der Waals surface area contributed by atoms with Crippen molar-refractivity contribution in [3.8, 4) is 5.75 Å². The molecule has 0 bridgehead atoms. The fourth-order valence-electron chi connectivity index (χ4n) is 2.30. The quantitative estimate of drug-likeness (QED) is 0.387. The summed E-state index contributed by atoms with van der Waals surface area (Å²) in [5, 5.41) is 3.39. The topological polar surface area (TPSA) is 64.6 Å². The monoisotopic (exact) mass is 399 g/mol. The van der Waals surface area contributed by atoms with Crippen molar-refractivity contribution >= 4 is 29.6 Å². The Morgan fingerprint density at radius 1 is 1.14 bits per heavy atom. The molecule has 0 aliphatic carbocycles. The predicted octanol–water partition coefficient (Wildman–Crippen LogP) is 4.34. The van der Waals surface area contributed by atoms with Gasteiger partial charge in [0, 0.05) is 11.1 Å². The first-order chi connectivity index (χ1) is 13.5. The molecule has 0 heterocycles. The second-order valence-electron chi connectivity index (χ2n) is 5.95. The largest absolute Gasteiger partial charge is 0.490 e. The summed E-state index contributed by atoms with van der Waals surface area (Å²) in [7, 11) is 0. The van der Waals surface area contributed by atoms with Crippen LogP contribution in [0, 0.1) is 0 Å². The Bertz CT molecular complexity index is 829. The molecule has 1 N–H and O–H groups in total. The minimum absolute atomic E-state index is 0.221. The first kappa shape index (κ1) is 21.3. The van der Waals surface area contributed by atoms with Crippen molar-refractivity contribution in [3.63, 3.8) is 0 Å². The highest BCUT2D eigenvalue weighted by Crippen LogP contribution is 2.16. The highest BCUT2D eigenvalue weighted by Gasteiger charge is 2.11. The highest BCUT2D eigenvalue weighted by molar-refractivity contribution is 6.30. The van der Waals surface area contributed by atoms with Gasteiger partial charge >= 0.3 is 5.97 Å². The third kappa shape index (κ3) is 7.29. The molecule has 2 aromatic carbocycles. The van der Waals surface area contributed by atoms with Crippen LogP contribution in [0.4, 0.5) is 0 Å². The van der Waals surface area contributed by atoms with Crippen LogP contribution >= 0.6 is 11.6 Å². The number of hydrogen-bond donors (Lipinski definition) is 1. The van der Waals surface area contributed by atoms with E-state index in [9.17, 15) is 9.59 Å². The Morgan fingerprint density at radius 3 is 2.46 bits per heavy atom. The number of benzene rings is 2. The molecule has 0 unspecified atom stereocenters. The molecule has 28 heavy (non-hydrogen) atoms. The lowest BCUT2D eigenvalue weighted by molar-refractivity contribution is -0.144. The van der Waals surface area contributed by atoms with Crippen LogP contribution in [0.2, 0.25) is 5.02 Å². The molecule has 0 aliphatic rings. The summed E-state index contributed by atoms with van der Waals surface area (Å²) in [4.78, 5) is 23.7. The van der Waals surface area contributed by atoms with Gasteiger partial charge in [-0.3, -0.25) is 4.79 Å². The highest BCUT2D eigenvalue weighted by atomic mass is 35.5. The van der Waals surface area contributed by atoms with Gasteiger partial charge in [-0.05, 0) is 48.4 Å². The molecule has 1 amide bonds. The molecule has 2 rings (SSSR count). The Labute approximate surface area is 169 Å². The first-order valence-corrected chi connectivity index (χ1v) is 9.09. The summed E-state index contributed by atoms with van der Waals surface area (Å²) in [6.45, 7) is 5.50. The van der Waals surface area contributed by atoms with Gasteiger partial charge in [-0.2, -0.15) is 0 Å². The van der Waals surface area contributed by atoms with Gasteiger partial charge in [-0.1, -0.05) is 48.5 Å². The Kier molecular flexibility index (Phi) is 8.31. The van der Waals surface area contributed by atoms with Crippen LogP contribution in [0.1, 0.15) is 24.1 Å². The second kappa shape index (κ2) is 10.9. The second-order valence-corrected chi connectivity index (χ2v) is 6.39. The summed E-state index contributed by atoms with van der Waals surface area (Å²) < 4.78 is 10.3. The van der Waals surface area contributed by atoms with Gasteiger partial charge in [0.2, 0.25) is 0 Å². The van der Waals surface area contributed by atoms with E-state index in [2.05, 4.69) is 11.9 Å². The first-order valence-electron chi connectivity index (χ1n) is 8.71. The van der Waals surface area contributed by atoms with Gasteiger partial charge in [0.15, 0.2) is 6.61 Å². The number of rotatable bonds is 9. The van der Waals surface area contributed by atoms with Crippen molar-refractivity contribution in [2.75, 3.05) is 13.2 Å². The van der Waals surface area contributed by atoms with E-state index in [0.717, 1.165) is 11.1 Å². The Morgan fingerprint density at radius 2 is 1.82 bits per heavy atom. The molecule has 0 aliphatic heterocycles. The van der Waals surface area contributed by atoms with E-state index in [1.165, 1.54) is 6.08 Å². The lowest BCUT2D eigenvalue weighted by Crippen LogP contribution is -2.30. The molecule has 0 spiro atoms. The van der Waals surface area contributed by atoms with Gasteiger partial charge in [0.05, 0.1) is 6.04 Å². The van der Waals surface area contributed by atoms with Crippen LogP contribution < -0.4 is 10.1 Å². The Balaban J connectivity index is 1.76. The molecule has 0 fully saturated rings. The van der Waals surface area contributed by atoms with Crippen molar-refractivity contribution in [2.45, 2.75) is 13.0 Å². The van der Waals surface area contributed by atoms with E-state index in [1.54, 1.807) is 36.4 Å². The average Bonchev–Trinajstić information content (AvgIpc) is 2.70. The van der Waals surface area contributed by atoms with Crippen LogP contribution in [0.25, 0.3) is 6.08 Å². The number of esters is 1. The number of ether oxygens (including phenoxy) is 2. The number of carbonyl (C=O) groups excluding carboxylic acids is 2. The standard InChI is InChI=1S/C22H22ClNO4/c1-3-14-27-20-11-4-17(5-12-20)6-13-22(26)28-15-21(25)24-16(2)18-7-9-19(23)10-8-18/h3-13,16H,1,14-15H2,2H3,(H,24,25)/b13-6+/t16-/m0/s1. The molecule has 1 atom stereocenters. The molecule has 146 valence electrons. The van der Waals surface area contributed by atoms with Crippen molar-refractivity contribution < 1.29 is 19.1 Å². The summed E-state index contributed by atoms with van der Waals surface area (Å²) in [5.74, 6) is -0.264. The number of carbonyl (C=O) groups is 2. The third-order valence-corrected chi connectivity index (χ3v) is 4.00. The molecule has 2 aromatic rings. The molecule has 6 heteroatoms. The number of amides is 1. The maximum atomic E-state index is 11.9. The zero-order chi connectivity index (χ0) is 20.4. The fraction of sp³-hybridized carbons (Fsp3) is 0.182. The van der Waals surface area contributed by atoms with Gasteiger partial charge in [-0.25, -0.2) is 4.79 Å². The van der Waals surface area contributed by atoms with E-state index >= 15 is 0 Å². The number of hydrogen-bond acceptors (Lipinski definition) is 4. The maximum absolute atomic E-state index is 11.9. The summed E-state index contributed by atoms with van der Waals surface area (Å²) in [6.07, 6.45) is 4.54. The smallest absolute Gasteiger partial charge is 0.331 e. The Hall–Kier alpha value is -3.05. The van der Waals surface area contributed by atoms with Crippen LogP contribution in [-0.4, -0.2) is 25.1 Å². The van der Waals surface area contributed by atoms with E-state index in [0.29, 0.717) is 17.4 Å². The molecule has 5 nitrogen and oxygen atoms in total. The summed E-state index contributed by atoms with van der Waals surface area (Å²) in [5.41, 5.74) is 1.72. The minimum Gasteiger partial charge on any atom is -0.490 e. The van der Waals surface area contributed by atoms with E-state index in [-0.39, 0.29) is 18.6 Å². The fourth-order valence-corrected chi connectivity index (χ4v) is 2.42. The maximum Gasteiger partial charge on any atom is 0.331 e. The number of halogens is 1. The number of nitrogens with one attached hydrogen (secondary N) is 1. The molecular weight excluding hydrogens is 378 g/mol. The average molecular weight is 400 g/mol.